The Hall–Kier alpha value is -4.27. The molecule has 13 nitrogen and oxygen atoms in total. The molecule has 4 aromatic rings. The molecule has 2 aromatic heterocycles. The van der Waals surface area contributed by atoms with E-state index in [2.05, 4.69) is 25.4 Å². The first-order valence-corrected chi connectivity index (χ1v) is 20.2. The zero-order chi connectivity index (χ0) is 39.5. The summed E-state index contributed by atoms with van der Waals surface area (Å²) >= 11 is 13.9. The van der Waals surface area contributed by atoms with Crippen LogP contribution in [0, 0.1) is 10.8 Å². The number of benzene rings is 2. The highest BCUT2D eigenvalue weighted by Gasteiger charge is 2.57. The van der Waals surface area contributed by atoms with Crippen molar-refractivity contribution < 1.29 is 24.6 Å². The number of imidazole rings is 2. The van der Waals surface area contributed by atoms with Gasteiger partial charge in [0.1, 0.15) is 0 Å². The molecule has 4 aliphatic rings. The fraction of sp³-hybridized carbons (Fsp3) is 0.488. The van der Waals surface area contributed by atoms with Crippen LogP contribution in [-0.4, -0.2) is 89.2 Å². The summed E-state index contributed by atoms with van der Waals surface area (Å²) in [6, 6.07) is 10.6. The number of aliphatic hydroxyl groups excluding tert-OH is 1. The molecule has 2 amide bonds. The Morgan fingerprint density at radius 3 is 1.79 bits per heavy atom. The van der Waals surface area contributed by atoms with Gasteiger partial charge in [-0.05, 0) is 69.5 Å². The predicted molar refractivity (Wildman–Crippen MR) is 214 cm³/mol. The number of aliphatic hydroxyl groups is 1. The summed E-state index contributed by atoms with van der Waals surface area (Å²) in [6.45, 7) is 6.02. The van der Waals surface area contributed by atoms with Crippen molar-refractivity contribution in [3.05, 3.63) is 80.9 Å². The van der Waals surface area contributed by atoms with E-state index in [1.807, 2.05) is 29.3 Å². The van der Waals surface area contributed by atoms with Crippen LogP contribution in [0.25, 0.3) is 11.1 Å². The molecule has 4 heterocycles. The second-order valence-electron chi connectivity index (χ2n) is 16.4. The van der Waals surface area contributed by atoms with Gasteiger partial charge in [-0.3, -0.25) is 24.2 Å². The molecule has 2 saturated carbocycles. The molecule has 0 spiro atoms. The van der Waals surface area contributed by atoms with Crippen LogP contribution in [-0.2, 0) is 44.8 Å². The van der Waals surface area contributed by atoms with E-state index in [1.165, 1.54) is 0 Å². The van der Waals surface area contributed by atoms with E-state index in [1.54, 1.807) is 37.3 Å². The van der Waals surface area contributed by atoms with Crippen LogP contribution in [0.2, 0.25) is 10.0 Å². The molecule has 0 unspecified atom stereocenters. The monoisotopic (exact) mass is 802 g/mol. The molecule has 2 aliphatic carbocycles. The van der Waals surface area contributed by atoms with Gasteiger partial charge < -0.3 is 30.0 Å². The van der Waals surface area contributed by atoms with Crippen molar-refractivity contribution in [3.8, 4) is 11.1 Å². The molecule has 2 fully saturated rings. The number of carbonyl (C=O) groups is 3. The fourth-order valence-corrected chi connectivity index (χ4v) is 10.2. The number of anilines is 2. The number of fused-ring (bicyclic) bond motifs is 4. The quantitative estimate of drug-likeness (QED) is 0.140. The molecule has 1 atom stereocenters. The van der Waals surface area contributed by atoms with Gasteiger partial charge in [0.25, 0.3) is 11.8 Å². The third-order valence-electron chi connectivity index (χ3n) is 12.8. The summed E-state index contributed by atoms with van der Waals surface area (Å²) in [5.74, 6) is -0.845. The number of halogens is 2. The maximum Gasteiger partial charge on any atom is 0.309 e. The number of carbonyl (C=O) groups excluding carboxylic acids is 2. The number of carboxylic acids is 1. The summed E-state index contributed by atoms with van der Waals surface area (Å²) in [5.41, 5.74) is 5.30. The van der Waals surface area contributed by atoms with Gasteiger partial charge in [-0.15, -0.1) is 0 Å². The molecule has 0 radical (unpaired) electrons. The molecule has 0 saturated heterocycles. The molecular formula is C41H48Cl2N8O5. The van der Waals surface area contributed by atoms with Crippen LogP contribution < -0.4 is 10.6 Å². The fourth-order valence-electron chi connectivity index (χ4n) is 9.67. The van der Waals surface area contributed by atoms with Crippen molar-refractivity contribution in [1.29, 1.82) is 0 Å². The van der Waals surface area contributed by atoms with Crippen molar-refractivity contribution in [2.24, 2.45) is 24.9 Å². The number of amides is 2. The minimum atomic E-state index is -0.631. The molecule has 8 rings (SSSR count). The Kier molecular flexibility index (Phi) is 10.3. The lowest BCUT2D eigenvalue weighted by Gasteiger charge is -2.32. The summed E-state index contributed by atoms with van der Waals surface area (Å²) in [5, 5.41) is 26.1. The van der Waals surface area contributed by atoms with Gasteiger partial charge in [-0.1, -0.05) is 47.5 Å². The maximum absolute atomic E-state index is 13.7. The first kappa shape index (κ1) is 38.6. The van der Waals surface area contributed by atoms with Crippen LogP contribution in [0.15, 0.2) is 36.4 Å². The number of aliphatic carboxylic acids is 1. The van der Waals surface area contributed by atoms with E-state index in [9.17, 15) is 24.6 Å². The van der Waals surface area contributed by atoms with Crippen molar-refractivity contribution in [2.75, 3.05) is 36.8 Å². The standard InChI is InChI=1S/C41H48Cl2N8O5/c1-24(52)20-51-18-11-32-30(22-51)45-36(49(32)3)38(54)47-28-9-5-7-26(34(28)43)25-6-4-8-27(33(25)42)46-37(53)35-44-29-21-50(17-10-31(29)48(35)2)19-16-40-12-14-41(23-40,15-13-40)39(55)56/h4-9,24,52H,10-23H2,1-3H3,(H,46,53)(H,47,54)(H,55,56)/t24-,40?,41?/m0/s1. The van der Waals surface area contributed by atoms with Crippen LogP contribution in [0.1, 0.15) is 89.5 Å². The number of aromatic nitrogens is 4. The lowest BCUT2D eigenvalue weighted by molar-refractivity contribution is -0.148. The third-order valence-corrected chi connectivity index (χ3v) is 13.6. The van der Waals surface area contributed by atoms with Gasteiger partial charge in [0.2, 0.25) is 0 Å². The van der Waals surface area contributed by atoms with Gasteiger partial charge in [0.05, 0.1) is 44.3 Å². The molecule has 2 aliphatic heterocycles. The van der Waals surface area contributed by atoms with E-state index in [4.69, 9.17) is 28.2 Å². The highest BCUT2D eigenvalue weighted by atomic mass is 35.5. The van der Waals surface area contributed by atoms with Gasteiger partial charge in [0.15, 0.2) is 11.6 Å². The Balaban J connectivity index is 0.938. The van der Waals surface area contributed by atoms with Crippen molar-refractivity contribution in [3.63, 3.8) is 0 Å². The van der Waals surface area contributed by atoms with Crippen molar-refractivity contribution >= 4 is 52.4 Å². The van der Waals surface area contributed by atoms with E-state index < -0.39 is 23.4 Å². The summed E-state index contributed by atoms with van der Waals surface area (Å²) in [7, 11) is 3.69. The Morgan fingerprint density at radius 1 is 0.804 bits per heavy atom. The first-order chi connectivity index (χ1) is 26.8. The number of hydrogen-bond donors (Lipinski definition) is 4. The smallest absolute Gasteiger partial charge is 0.309 e. The number of rotatable bonds is 11. The zero-order valence-corrected chi connectivity index (χ0v) is 33.5. The minimum Gasteiger partial charge on any atom is -0.481 e. The van der Waals surface area contributed by atoms with Crippen LogP contribution in [0.3, 0.4) is 0 Å². The third kappa shape index (κ3) is 7.02. The van der Waals surface area contributed by atoms with Crippen molar-refractivity contribution in [2.45, 2.75) is 77.5 Å². The number of nitrogens with zero attached hydrogens (tertiary/aromatic N) is 6. The Morgan fingerprint density at radius 2 is 1.30 bits per heavy atom. The number of carboxylic acid groups (broad SMARTS) is 1. The van der Waals surface area contributed by atoms with Gasteiger partial charge in [-0.25, -0.2) is 9.97 Å². The normalized spacial score (nSPS) is 22.5. The van der Waals surface area contributed by atoms with Gasteiger partial charge >= 0.3 is 5.97 Å². The average molecular weight is 804 g/mol. The molecule has 15 heteroatoms. The van der Waals surface area contributed by atoms with E-state index in [0.717, 1.165) is 93.8 Å². The highest BCUT2D eigenvalue weighted by molar-refractivity contribution is 6.40. The number of β-amino-alcohol motifs (C(OH)–C–C–N with tert-alkyl or cyclic N) is 1. The van der Waals surface area contributed by atoms with Crippen LogP contribution in [0.4, 0.5) is 11.4 Å². The zero-order valence-electron chi connectivity index (χ0n) is 32.0. The Bertz CT molecular complexity index is 2220. The number of hydrogen-bond acceptors (Lipinski definition) is 8. The van der Waals surface area contributed by atoms with E-state index >= 15 is 0 Å². The average Bonchev–Trinajstić information content (AvgIpc) is 3.92. The molecule has 2 bridgehead atoms. The van der Waals surface area contributed by atoms with Crippen LogP contribution in [0.5, 0.6) is 0 Å². The largest absolute Gasteiger partial charge is 0.481 e. The second kappa shape index (κ2) is 14.9. The van der Waals surface area contributed by atoms with Crippen LogP contribution >= 0.6 is 23.2 Å². The lowest BCUT2D eigenvalue weighted by atomic mass is 9.80. The Labute approximate surface area is 336 Å². The molecule has 296 valence electrons. The minimum absolute atomic E-state index is 0.129. The summed E-state index contributed by atoms with van der Waals surface area (Å²) < 4.78 is 3.68. The topological polar surface area (TPSA) is 158 Å². The predicted octanol–water partition coefficient (Wildman–Crippen LogP) is 6.15. The maximum atomic E-state index is 13.7. The summed E-state index contributed by atoms with van der Waals surface area (Å²) in [4.78, 5) is 53.2. The second-order valence-corrected chi connectivity index (χ2v) is 17.1. The molecule has 56 heavy (non-hydrogen) atoms. The molecule has 4 N–H and O–H groups in total. The SMILES string of the molecule is C[C@H](O)CN1CCc2c(nc(C(=O)Nc3cccc(-c4cccc(NC(=O)c5nc6c(n5C)CCN(CCC57CCC(C(=O)O)(CC5)C7)C6)c4Cl)c3Cl)n2C)C1. The lowest BCUT2D eigenvalue weighted by Crippen LogP contribution is -2.36. The van der Waals surface area contributed by atoms with Crippen molar-refractivity contribution in [1.82, 2.24) is 28.9 Å². The van der Waals surface area contributed by atoms with E-state index in [-0.39, 0.29) is 22.2 Å². The first-order valence-electron chi connectivity index (χ1n) is 19.4. The highest BCUT2D eigenvalue weighted by Crippen LogP contribution is 2.63. The molecular weight excluding hydrogens is 755 g/mol. The van der Waals surface area contributed by atoms with Gasteiger partial charge in [-0.2, -0.15) is 0 Å². The van der Waals surface area contributed by atoms with Gasteiger partial charge in [0, 0.05) is 82.2 Å². The molecule has 2 aromatic carbocycles. The van der Waals surface area contributed by atoms with E-state index in [0.29, 0.717) is 53.0 Å². The summed E-state index contributed by atoms with van der Waals surface area (Å²) in [6.07, 6.45) is 6.38. The number of nitrogens with one attached hydrogen (secondary N) is 2.